The molecule has 0 bridgehead atoms. The van der Waals surface area contributed by atoms with Crippen molar-refractivity contribution in [3.8, 4) is 22.3 Å². The van der Waals surface area contributed by atoms with E-state index in [9.17, 15) is 18.0 Å². The van der Waals surface area contributed by atoms with Crippen molar-refractivity contribution < 1.29 is 18.0 Å². The van der Waals surface area contributed by atoms with Crippen molar-refractivity contribution in [1.82, 2.24) is 10.6 Å². The maximum Gasteiger partial charge on any atom is 0.260 e. The molecule has 1 heterocycles. The molecule has 0 spiro atoms. The highest BCUT2D eigenvalue weighted by Gasteiger charge is 2.27. The number of amides is 2. The molecule has 0 saturated heterocycles. The molecule has 0 atom stereocenters. The van der Waals surface area contributed by atoms with Gasteiger partial charge in [0.25, 0.3) is 11.8 Å². The predicted molar refractivity (Wildman–Crippen MR) is 142 cm³/mol. The van der Waals surface area contributed by atoms with Crippen LogP contribution in [0, 0.1) is 0 Å². The lowest BCUT2D eigenvalue weighted by Gasteiger charge is -2.20. The van der Waals surface area contributed by atoms with Crippen LogP contribution in [0.2, 0.25) is 0 Å². The van der Waals surface area contributed by atoms with Crippen LogP contribution in [0.15, 0.2) is 108 Å². The quantitative estimate of drug-likeness (QED) is 0.268. The highest BCUT2D eigenvalue weighted by atomic mass is 32.2. The number of nitrogens with one attached hydrogen (secondary N) is 2. The summed E-state index contributed by atoms with van der Waals surface area (Å²) in [7, 11) is -3.77. The lowest BCUT2D eigenvalue weighted by Crippen LogP contribution is -2.37. The Morgan fingerprint density at radius 2 is 1.35 bits per heavy atom. The first-order chi connectivity index (χ1) is 17.8. The number of carbonyl (C=O) groups excluding carboxylic acids is 2. The van der Waals surface area contributed by atoms with E-state index in [0.717, 1.165) is 27.8 Å². The van der Waals surface area contributed by atoms with E-state index in [1.165, 1.54) is 12.1 Å². The third kappa shape index (κ3) is 5.20. The number of rotatable bonds is 6. The second-order valence-electron chi connectivity index (χ2n) is 8.62. The molecular weight excluding hydrogens is 486 g/mol. The minimum Gasteiger partial charge on any atom is -0.386 e. The van der Waals surface area contributed by atoms with E-state index in [2.05, 4.69) is 16.7 Å². The summed E-state index contributed by atoms with van der Waals surface area (Å²) in [6.07, 6.45) is 1.57. The van der Waals surface area contributed by atoms with E-state index in [0.29, 0.717) is 23.2 Å². The molecule has 1 aliphatic heterocycles. The van der Waals surface area contributed by atoms with Crippen LogP contribution in [0.3, 0.4) is 0 Å². The van der Waals surface area contributed by atoms with E-state index < -0.39 is 21.8 Å². The summed E-state index contributed by atoms with van der Waals surface area (Å²) in [5, 5.41) is 10.6. The SMILES string of the molecule is NS(=O)(=O)c1ccc(CN/C=C2\C(=O)NC(=O)c3ccc(-c4cccc(-c5ccccc5)c4)cc32)cc1. The number of carbonyl (C=O) groups is 2. The molecular formula is C29H23N3O4S. The number of hydrogen-bond donors (Lipinski definition) is 3. The molecule has 7 nitrogen and oxygen atoms in total. The zero-order chi connectivity index (χ0) is 26.0. The van der Waals surface area contributed by atoms with Gasteiger partial charge in [-0.3, -0.25) is 14.9 Å². The molecule has 37 heavy (non-hydrogen) atoms. The fraction of sp³-hybridized carbons (Fsp3) is 0.0345. The number of imide groups is 1. The Bertz CT molecular complexity index is 1640. The Morgan fingerprint density at radius 1 is 0.703 bits per heavy atom. The van der Waals surface area contributed by atoms with Gasteiger partial charge in [0.15, 0.2) is 0 Å². The molecule has 1 aliphatic rings. The average Bonchev–Trinajstić information content (AvgIpc) is 2.90. The second-order valence-corrected chi connectivity index (χ2v) is 10.2. The molecule has 5 rings (SSSR count). The highest BCUT2D eigenvalue weighted by Crippen LogP contribution is 2.31. The summed E-state index contributed by atoms with van der Waals surface area (Å²) in [4.78, 5) is 25.3. The van der Waals surface area contributed by atoms with Crippen LogP contribution in [-0.4, -0.2) is 20.2 Å². The van der Waals surface area contributed by atoms with Crippen molar-refractivity contribution in [2.75, 3.05) is 0 Å². The van der Waals surface area contributed by atoms with Crippen LogP contribution in [0.5, 0.6) is 0 Å². The van der Waals surface area contributed by atoms with Gasteiger partial charge in [0.1, 0.15) is 0 Å². The molecule has 0 saturated carbocycles. The first-order valence-corrected chi connectivity index (χ1v) is 13.1. The Kier molecular flexibility index (Phi) is 6.43. The zero-order valence-electron chi connectivity index (χ0n) is 19.6. The fourth-order valence-corrected chi connectivity index (χ4v) is 4.74. The standard InChI is InChI=1S/C29H23N3O4S/c30-37(35,36)24-12-9-19(10-13-24)17-31-18-27-26-16-23(11-14-25(26)28(33)32-29(27)34)22-8-4-7-21(15-22)20-5-2-1-3-6-20/h1-16,18,31H,17H2,(H2,30,35,36)(H,32,33,34)/b27-18-. The van der Waals surface area contributed by atoms with E-state index in [1.54, 1.807) is 24.4 Å². The Morgan fingerprint density at radius 3 is 2.05 bits per heavy atom. The number of sulfonamides is 1. The van der Waals surface area contributed by atoms with Crippen LogP contribution in [0.25, 0.3) is 27.8 Å². The van der Waals surface area contributed by atoms with Gasteiger partial charge in [-0.15, -0.1) is 0 Å². The van der Waals surface area contributed by atoms with Crippen molar-refractivity contribution in [2.24, 2.45) is 5.14 Å². The Hall–Kier alpha value is -4.53. The molecule has 4 aromatic rings. The molecule has 0 unspecified atom stereocenters. The smallest absolute Gasteiger partial charge is 0.260 e. The Labute approximate surface area is 214 Å². The molecule has 4 aromatic carbocycles. The number of benzene rings is 4. The molecule has 0 fully saturated rings. The van der Waals surface area contributed by atoms with Gasteiger partial charge < -0.3 is 5.32 Å². The third-order valence-corrected chi connectivity index (χ3v) is 7.06. The summed E-state index contributed by atoms with van der Waals surface area (Å²) < 4.78 is 22.9. The number of fused-ring (bicyclic) bond motifs is 1. The number of nitrogens with two attached hydrogens (primary N) is 1. The summed E-state index contributed by atoms with van der Waals surface area (Å²) in [6.45, 7) is 0.337. The van der Waals surface area contributed by atoms with Gasteiger partial charge in [0, 0.05) is 23.9 Å². The van der Waals surface area contributed by atoms with Crippen molar-refractivity contribution in [3.05, 3.63) is 120 Å². The monoisotopic (exact) mass is 509 g/mol. The van der Waals surface area contributed by atoms with Crippen LogP contribution in [0.1, 0.15) is 21.5 Å². The van der Waals surface area contributed by atoms with Crippen molar-refractivity contribution in [1.29, 1.82) is 0 Å². The minimum absolute atomic E-state index is 0.0255. The molecule has 4 N–H and O–H groups in total. The van der Waals surface area contributed by atoms with Gasteiger partial charge in [0.05, 0.1) is 10.5 Å². The topological polar surface area (TPSA) is 118 Å². The van der Waals surface area contributed by atoms with E-state index in [-0.39, 0.29) is 4.90 Å². The molecule has 0 aromatic heterocycles. The molecule has 184 valence electrons. The summed E-state index contributed by atoms with van der Waals surface area (Å²) >= 11 is 0. The zero-order valence-corrected chi connectivity index (χ0v) is 20.5. The summed E-state index contributed by atoms with van der Waals surface area (Å²) in [6, 6.07) is 29.7. The molecule has 0 radical (unpaired) electrons. The number of hydrogen-bond acceptors (Lipinski definition) is 5. The van der Waals surface area contributed by atoms with E-state index in [1.807, 2.05) is 60.7 Å². The average molecular weight is 510 g/mol. The van der Waals surface area contributed by atoms with Crippen molar-refractivity contribution in [3.63, 3.8) is 0 Å². The van der Waals surface area contributed by atoms with Crippen LogP contribution < -0.4 is 15.8 Å². The highest BCUT2D eigenvalue weighted by molar-refractivity contribution is 7.89. The van der Waals surface area contributed by atoms with Crippen molar-refractivity contribution >= 4 is 27.4 Å². The van der Waals surface area contributed by atoms with E-state index in [4.69, 9.17) is 5.14 Å². The maximum atomic E-state index is 12.7. The van der Waals surface area contributed by atoms with Crippen LogP contribution in [-0.2, 0) is 21.4 Å². The largest absolute Gasteiger partial charge is 0.386 e. The lowest BCUT2D eigenvalue weighted by molar-refractivity contribution is -0.114. The van der Waals surface area contributed by atoms with Crippen LogP contribution >= 0.6 is 0 Å². The van der Waals surface area contributed by atoms with Crippen molar-refractivity contribution in [2.45, 2.75) is 11.4 Å². The van der Waals surface area contributed by atoms with Gasteiger partial charge in [-0.2, -0.15) is 0 Å². The van der Waals surface area contributed by atoms with Gasteiger partial charge in [-0.1, -0.05) is 66.7 Å². The predicted octanol–water partition coefficient (Wildman–Crippen LogP) is 4.07. The first-order valence-electron chi connectivity index (χ1n) is 11.5. The van der Waals surface area contributed by atoms with Gasteiger partial charge in [-0.25, -0.2) is 13.6 Å². The minimum atomic E-state index is -3.77. The lowest BCUT2D eigenvalue weighted by atomic mass is 9.91. The molecule has 8 heteroatoms. The fourth-order valence-electron chi connectivity index (χ4n) is 4.22. The van der Waals surface area contributed by atoms with Gasteiger partial charge in [-0.05, 0) is 58.1 Å². The van der Waals surface area contributed by atoms with Gasteiger partial charge >= 0.3 is 0 Å². The third-order valence-electron chi connectivity index (χ3n) is 6.13. The Balaban J connectivity index is 1.44. The molecule has 2 amide bonds. The molecule has 0 aliphatic carbocycles. The number of primary sulfonamides is 1. The first kappa shape index (κ1) is 24.2. The second kappa shape index (κ2) is 9.85. The normalized spacial score (nSPS) is 14.2. The maximum absolute atomic E-state index is 12.7. The van der Waals surface area contributed by atoms with Crippen LogP contribution in [0.4, 0.5) is 0 Å². The summed E-state index contributed by atoms with van der Waals surface area (Å²) in [5.74, 6) is -0.940. The summed E-state index contributed by atoms with van der Waals surface area (Å²) in [5.41, 5.74) is 6.07. The van der Waals surface area contributed by atoms with E-state index >= 15 is 0 Å². The van der Waals surface area contributed by atoms with Gasteiger partial charge in [0.2, 0.25) is 10.0 Å².